The Labute approximate surface area is 159 Å². The van der Waals surface area contributed by atoms with Gasteiger partial charge in [0.1, 0.15) is 4.32 Å². The molecule has 1 aliphatic rings. The number of amides is 1. The van der Waals surface area contributed by atoms with Gasteiger partial charge in [0.25, 0.3) is 5.91 Å². The molecule has 1 saturated heterocycles. The van der Waals surface area contributed by atoms with Gasteiger partial charge in [-0.25, -0.2) is 0 Å². The molecule has 0 aromatic heterocycles. The molecule has 0 radical (unpaired) electrons. The van der Waals surface area contributed by atoms with E-state index in [1.54, 1.807) is 0 Å². The van der Waals surface area contributed by atoms with Gasteiger partial charge in [0.2, 0.25) is 5.75 Å². The van der Waals surface area contributed by atoms with Crippen LogP contribution >= 0.6 is 39.9 Å². The molecule has 1 aliphatic heterocycles. The third-order valence-corrected chi connectivity index (χ3v) is 5.05. The summed E-state index contributed by atoms with van der Waals surface area (Å²) < 4.78 is 0.644. The predicted octanol–water partition coefficient (Wildman–Crippen LogP) is 3.13. The number of hydrogen-bond acceptors (Lipinski definition) is 7. The van der Waals surface area contributed by atoms with Crippen molar-refractivity contribution in [2.75, 3.05) is 6.54 Å². The maximum atomic E-state index is 12.4. The number of nitro groups is 1. The Morgan fingerprint density at radius 2 is 2.16 bits per heavy atom. The lowest BCUT2D eigenvalue weighted by Crippen LogP contribution is -2.29. The number of carboxylic acid groups (broad SMARTS) is 1. The molecule has 0 spiro atoms. The Morgan fingerprint density at radius 3 is 2.76 bits per heavy atom. The van der Waals surface area contributed by atoms with Crippen LogP contribution in [0.5, 0.6) is 5.75 Å². The number of aromatic hydroxyl groups is 1. The number of thioether (sulfide) groups is 1. The van der Waals surface area contributed by atoms with E-state index in [4.69, 9.17) is 17.3 Å². The van der Waals surface area contributed by atoms with Crippen molar-refractivity contribution in [2.45, 2.75) is 12.8 Å². The molecule has 11 heteroatoms. The van der Waals surface area contributed by atoms with Crippen molar-refractivity contribution in [3.8, 4) is 5.75 Å². The smallest absolute Gasteiger partial charge is 0.312 e. The number of nitrogens with zero attached hydrogens (tertiary/aromatic N) is 2. The topological polar surface area (TPSA) is 121 Å². The molecule has 0 unspecified atom stereocenters. The Morgan fingerprint density at radius 1 is 1.48 bits per heavy atom. The lowest BCUT2D eigenvalue weighted by atomic mass is 10.1. The molecule has 0 aliphatic carbocycles. The third-order valence-electron chi connectivity index (χ3n) is 3.21. The number of carboxylic acids is 1. The molecule has 1 aromatic carbocycles. The highest BCUT2D eigenvalue weighted by atomic mass is 79.9. The standard InChI is InChI=1S/C14H11BrN2O6S2/c15-8-4-7(12(20)9(6-8)17(22)23)5-10-13(21)16(14(24)25-10)3-1-2-11(18)19/h4-6,20H,1-3H2,(H,18,19). The average Bonchev–Trinajstić information content (AvgIpc) is 2.77. The van der Waals surface area contributed by atoms with Crippen LogP contribution in [-0.4, -0.2) is 42.8 Å². The molecule has 8 nitrogen and oxygen atoms in total. The van der Waals surface area contributed by atoms with Crippen molar-refractivity contribution in [1.82, 2.24) is 4.90 Å². The van der Waals surface area contributed by atoms with Gasteiger partial charge < -0.3 is 10.2 Å². The van der Waals surface area contributed by atoms with E-state index in [-0.39, 0.29) is 34.2 Å². The number of hydrogen-bond donors (Lipinski definition) is 2. The summed E-state index contributed by atoms with van der Waals surface area (Å²) in [7, 11) is 0. The van der Waals surface area contributed by atoms with Crippen LogP contribution < -0.4 is 0 Å². The predicted molar refractivity (Wildman–Crippen MR) is 99.2 cm³/mol. The number of nitro benzene ring substituents is 1. The van der Waals surface area contributed by atoms with Crippen LogP contribution in [0.4, 0.5) is 5.69 Å². The van der Waals surface area contributed by atoms with Crippen molar-refractivity contribution in [3.63, 3.8) is 0 Å². The van der Waals surface area contributed by atoms with Crippen molar-refractivity contribution in [2.24, 2.45) is 0 Å². The minimum Gasteiger partial charge on any atom is -0.502 e. The van der Waals surface area contributed by atoms with Crippen molar-refractivity contribution >= 4 is 67.9 Å². The highest BCUT2D eigenvalue weighted by Gasteiger charge is 2.32. The first kappa shape index (κ1) is 19.3. The van der Waals surface area contributed by atoms with Crippen molar-refractivity contribution in [1.29, 1.82) is 0 Å². The van der Waals surface area contributed by atoms with E-state index in [1.807, 2.05) is 0 Å². The number of halogens is 1. The number of phenols is 1. The minimum absolute atomic E-state index is 0.0886. The summed E-state index contributed by atoms with van der Waals surface area (Å²) in [4.78, 5) is 34.6. The third kappa shape index (κ3) is 4.55. The fourth-order valence-electron chi connectivity index (χ4n) is 2.08. The van der Waals surface area contributed by atoms with Gasteiger partial charge in [-0.15, -0.1) is 0 Å². The second kappa shape index (κ2) is 7.93. The van der Waals surface area contributed by atoms with Gasteiger partial charge in [0.05, 0.1) is 9.83 Å². The lowest BCUT2D eigenvalue weighted by Gasteiger charge is -2.13. The molecule has 132 valence electrons. The molecule has 0 atom stereocenters. The quantitative estimate of drug-likeness (QED) is 0.295. The summed E-state index contributed by atoms with van der Waals surface area (Å²) in [6.07, 6.45) is 1.49. The van der Waals surface area contributed by atoms with Crippen LogP contribution in [-0.2, 0) is 9.59 Å². The second-order valence-electron chi connectivity index (χ2n) is 4.95. The molecule has 1 heterocycles. The largest absolute Gasteiger partial charge is 0.502 e. The maximum Gasteiger partial charge on any atom is 0.312 e. The highest BCUT2D eigenvalue weighted by molar-refractivity contribution is 9.10. The molecule has 1 amide bonds. The van der Waals surface area contributed by atoms with Gasteiger partial charge in [-0.05, 0) is 18.6 Å². The van der Waals surface area contributed by atoms with Crippen LogP contribution in [0, 0.1) is 10.1 Å². The number of aliphatic carboxylic acids is 1. The van der Waals surface area contributed by atoms with Crippen LogP contribution in [0.3, 0.4) is 0 Å². The fourth-order valence-corrected chi connectivity index (χ4v) is 3.84. The monoisotopic (exact) mass is 446 g/mol. The molecule has 2 N–H and O–H groups in total. The van der Waals surface area contributed by atoms with Gasteiger partial charge in [-0.2, -0.15) is 0 Å². The highest BCUT2D eigenvalue weighted by Crippen LogP contribution is 2.38. The molecule has 25 heavy (non-hydrogen) atoms. The van der Waals surface area contributed by atoms with Crippen LogP contribution in [0.25, 0.3) is 6.08 Å². The molecular weight excluding hydrogens is 436 g/mol. The summed E-state index contributed by atoms with van der Waals surface area (Å²) in [5.74, 6) is -1.95. The summed E-state index contributed by atoms with van der Waals surface area (Å²) in [5.41, 5.74) is -0.385. The first-order valence-electron chi connectivity index (χ1n) is 6.84. The van der Waals surface area contributed by atoms with Crippen LogP contribution in [0.1, 0.15) is 18.4 Å². The van der Waals surface area contributed by atoms with Gasteiger partial charge >= 0.3 is 11.7 Å². The van der Waals surface area contributed by atoms with E-state index in [0.717, 1.165) is 17.8 Å². The number of thiocarbonyl (C=S) groups is 1. The number of carbonyl (C=O) groups excluding carboxylic acids is 1. The molecule has 0 saturated carbocycles. The number of benzene rings is 1. The van der Waals surface area contributed by atoms with E-state index in [1.165, 1.54) is 17.0 Å². The van der Waals surface area contributed by atoms with E-state index in [2.05, 4.69) is 15.9 Å². The van der Waals surface area contributed by atoms with E-state index in [9.17, 15) is 24.8 Å². The zero-order valence-electron chi connectivity index (χ0n) is 12.5. The van der Waals surface area contributed by atoms with Crippen LogP contribution in [0.15, 0.2) is 21.5 Å². The minimum atomic E-state index is -0.965. The zero-order valence-corrected chi connectivity index (χ0v) is 15.7. The lowest BCUT2D eigenvalue weighted by molar-refractivity contribution is -0.385. The Bertz CT molecular complexity index is 811. The zero-order chi connectivity index (χ0) is 18.7. The Kier molecular flexibility index (Phi) is 6.14. The van der Waals surface area contributed by atoms with Crippen molar-refractivity contribution < 1.29 is 24.7 Å². The van der Waals surface area contributed by atoms with E-state index >= 15 is 0 Å². The molecular formula is C14H11BrN2O6S2. The van der Waals surface area contributed by atoms with Gasteiger partial charge in [0, 0.05) is 29.1 Å². The molecule has 1 aromatic rings. The SMILES string of the molecule is O=C(O)CCCN1C(=O)C(=Cc2cc(Br)cc([N+](=O)[O-])c2O)SC1=S. The Balaban J connectivity index is 2.28. The Hall–Kier alpha value is -1.98. The maximum absolute atomic E-state index is 12.4. The normalized spacial score (nSPS) is 15.9. The van der Waals surface area contributed by atoms with Crippen LogP contribution in [0.2, 0.25) is 0 Å². The van der Waals surface area contributed by atoms with E-state index < -0.39 is 28.2 Å². The number of rotatable bonds is 6. The summed E-state index contributed by atoms with van der Waals surface area (Å²) in [5, 5.41) is 29.6. The molecule has 2 rings (SSSR count). The first-order chi connectivity index (χ1) is 11.7. The average molecular weight is 447 g/mol. The number of carbonyl (C=O) groups is 2. The van der Waals surface area contributed by atoms with Gasteiger partial charge in [-0.3, -0.25) is 24.6 Å². The van der Waals surface area contributed by atoms with Gasteiger partial charge in [-0.1, -0.05) is 39.9 Å². The first-order valence-corrected chi connectivity index (χ1v) is 8.86. The fraction of sp³-hybridized carbons (Fsp3) is 0.214. The van der Waals surface area contributed by atoms with Crippen molar-refractivity contribution in [3.05, 3.63) is 37.2 Å². The van der Waals surface area contributed by atoms with E-state index in [0.29, 0.717) is 4.47 Å². The summed E-state index contributed by atoms with van der Waals surface area (Å²) >= 11 is 9.23. The second-order valence-corrected chi connectivity index (χ2v) is 7.54. The molecule has 0 bridgehead atoms. The summed E-state index contributed by atoms with van der Waals surface area (Å²) in [6.45, 7) is 0.166. The van der Waals surface area contributed by atoms with Gasteiger partial charge in [0.15, 0.2) is 0 Å². The summed E-state index contributed by atoms with van der Waals surface area (Å²) in [6, 6.07) is 2.60. The molecule has 1 fully saturated rings. The number of phenolic OH excluding ortho intramolecular Hbond substituents is 1.